The maximum atomic E-state index is 12.1. The molecule has 1 amide bonds. The van der Waals surface area contributed by atoms with E-state index in [-0.39, 0.29) is 17.5 Å². The van der Waals surface area contributed by atoms with Gasteiger partial charge in [-0.15, -0.1) is 0 Å². The minimum absolute atomic E-state index is 0.00980. The van der Waals surface area contributed by atoms with Gasteiger partial charge in [-0.25, -0.2) is 0 Å². The molecule has 1 aromatic carbocycles. The molecule has 3 aromatic rings. The first-order valence-corrected chi connectivity index (χ1v) is 7.53. The fourth-order valence-electron chi connectivity index (χ4n) is 2.24. The van der Waals surface area contributed by atoms with Gasteiger partial charge in [0.2, 0.25) is 0 Å². The lowest BCUT2D eigenvalue weighted by molar-refractivity contribution is 0.0923. The van der Waals surface area contributed by atoms with Gasteiger partial charge in [-0.05, 0) is 31.2 Å². The summed E-state index contributed by atoms with van der Waals surface area (Å²) in [6, 6.07) is 16.0. The Morgan fingerprint density at radius 1 is 1.04 bits per heavy atom. The predicted molar refractivity (Wildman–Crippen MR) is 89.6 cm³/mol. The number of aromatic nitrogens is 1. The van der Waals surface area contributed by atoms with Crippen LogP contribution >= 0.6 is 0 Å². The molecule has 120 valence electrons. The van der Waals surface area contributed by atoms with Crippen LogP contribution in [0.15, 0.2) is 65.2 Å². The van der Waals surface area contributed by atoms with Gasteiger partial charge in [0.15, 0.2) is 11.5 Å². The minimum Gasteiger partial charge on any atom is -0.451 e. The Balaban J connectivity index is 1.68. The van der Waals surface area contributed by atoms with Gasteiger partial charge < -0.3 is 9.73 Å². The Hall–Kier alpha value is -3.21. The van der Waals surface area contributed by atoms with Crippen molar-refractivity contribution in [2.45, 2.75) is 13.5 Å². The SMILES string of the molecule is CC(=O)c1ccc(-c2ccc(C(=O)NCc3ccccn3)o2)cc1. The van der Waals surface area contributed by atoms with Crippen LogP contribution < -0.4 is 5.32 Å². The molecule has 0 saturated heterocycles. The van der Waals surface area contributed by atoms with E-state index < -0.39 is 0 Å². The smallest absolute Gasteiger partial charge is 0.287 e. The lowest BCUT2D eigenvalue weighted by Crippen LogP contribution is -2.22. The van der Waals surface area contributed by atoms with Gasteiger partial charge in [0.05, 0.1) is 12.2 Å². The highest BCUT2D eigenvalue weighted by Crippen LogP contribution is 2.22. The van der Waals surface area contributed by atoms with E-state index in [9.17, 15) is 9.59 Å². The Bertz CT molecular complexity index is 852. The van der Waals surface area contributed by atoms with Gasteiger partial charge in [-0.2, -0.15) is 0 Å². The van der Waals surface area contributed by atoms with Gasteiger partial charge in [0, 0.05) is 17.3 Å². The molecule has 0 aliphatic rings. The second-order valence-corrected chi connectivity index (χ2v) is 5.30. The minimum atomic E-state index is -0.299. The van der Waals surface area contributed by atoms with Crippen molar-refractivity contribution in [3.05, 3.63) is 77.8 Å². The van der Waals surface area contributed by atoms with Crippen LogP contribution in [0.3, 0.4) is 0 Å². The normalized spacial score (nSPS) is 10.4. The van der Waals surface area contributed by atoms with Crippen LogP contribution in [0.5, 0.6) is 0 Å². The summed E-state index contributed by atoms with van der Waals surface area (Å²) in [5.74, 6) is 0.521. The van der Waals surface area contributed by atoms with Gasteiger partial charge in [0.25, 0.3) is 5.91 Å². The summed E-state index contributed by atoms with van der Waals surface area (Å²) in [7, 11) is 0. The summed E-state index contributed by atoms with van der Waals surface area (Å²) in [5, 5.41) is 2.76. The fourth-order valence-corrected chi connectivity index (χ4v) is 2.24. The fraction of sp³-hybridized carbons (Fsp3) is 0.105. The van der Waals surface area contributed by atoms with E-state index in [2.05, 4.69) is 10.3 Å². The monoisotopic (exact) mass is 320 g/mol. The Morgan fingerprint density at radius 2 is 1.83 bits per heavy atom. The number of pyridine rings is 1. The number of rotatable bonds is 5. The highest BCUT2D eigenvalue weighted by molar-refractivity contribution is 5.94. The molecular formula is C19H16N2O3. The zero-order valence-corrected chi connectivity index (χ0v) is 13.2. The van der Waals surface area contributed by atoms with Crippen molar-refractivity contribution in [1.29, 1.82) is 0 Å². The third kappa shape index (κ3) is 3.57. The molecule has 5 heteroatoms. The number of ketones is 1. The van der Waals surface area contributed by atoms with Crippen LogP contribution in [0.25, 0.3) is 11.3 Å². The first-order valence-electron chi connectivity index (χ1n) is 7.53. The quantitative estimate of drug-likeness (QED) is 0.731. The molecule has 3 rings (SSSR count). The summed E-state index contributed by atoms with van der Waals surface area (Å²) in [5.41, 5.74) is 2.22. The number of amides is 1. The topological polar surface area (TPSA) is 72.2 Å². The maximum Gasteiger partial charge on any atom is 0.287 e. The predicted octanol–water partition coefficient (Wildman–Crippen LogP) is 3.47. The number of hydrogen-bond acceptors (Lipinski definition) is 4. The van der Waals surface area contributed by atoms with Crippen LogP contribution in [-0.2, 0) is 6.54 Å². The molecule has 0 aliphatic heterocycles. The van der Waals surface area contributed by atoms with Crippen molar-refractivity contribution in [3.63, 3.8) is 0 Å². The van der Waals surface area contributed by atoms with Crippen LogP contribution in [0.1, 0.15) is 33.5 Å². The van der Waals surface area contributed by atoms with E-state index >= 15 is 0 Å². The largest absolute Gasteiger partial charge is 0.451 e. The standard InChI is InChI=1S/C19H16N2O3/c1-13(22)14-5-7-15(8-6-14)17-9-10-18(24-17)19(23)21-12-16-4-2-3-11-20-16/h2-11H,12H2,1H3,(H,21,23). The van der Waals surface area contributed by atoms with Crippen LogP contribution in [0.2, 0.25) is 0 Å². The van der Waals surface area contributed by atoms with Gasteiger partial charge in [-0.1, -0.05) is 30.3 Å². The summed E-state index contributed by atoms with van der Waals surface area (Å²) in [6.07, 6.45) is 1.68. The lowest BCUT2D eigenvalue weighted by atomic mass is 10.1. The molecule has 0 atom stereocenters. The average molecular weight is 320 g/mol. The van der Waals surface area contributed by atoms with E-state index in [1.165, 1.54) is 6.92 Å². The van der Waals surface area contributed by atoms with Crippen LogP contribution in [-0.4, -0.2) is 16.7 Å². The van der Waals surface area contributed by atoms with E-state index in [1.807, 2.05) is 18.2 Å². The number of benzene rings is 1. The van der Waals surface area contributed by atoms with Crippen molar-refractivity contribution >= 4 is 11.7 Å². The highest BCUT2D eigenvalue weighted by Gasteiger charge is 2.12. The second-order valence-electron chi connectivity index (χ2n) is 5.30. The third-order valence-corrected chi connectivity index (χ3v) is 3.56. The van der Waals surface area contributed by atoms with E-state index in [0.717, 1.165) is 11.3 Å². The van der Waals surface area contributed by atoms with Crippen molar-refractivity contribution in [2.24, 2.45) is 0 Å². The third-order valence-electron chi connectivity index (χ3n) is 3.56. The van der Waals surface area contributed by atoms with E-state index in [1.54, 1.807) is 42.6 Å². The van der Waals surface area contributed by atoms with E-state index in [0.29, 0.717) is 17.9 Å². The number of nitrogens with one attached hydrogen (secondary N) is 1. The molecule has 0 aliphatic carbocycles. The van der Waals surface area contributed by atoms with Crippen molar-refractivity contribution < 1.29 is 14.0 Å². The number of furan rings is 1. The molecule has 0 bridgehead atoms. The molecule has 0 radical (unpaired) electrons. The maximum absolute atomic E-state index is 12.1. The first kappa shape index (κ1) is 15.7. The Labute approximate surface area is 139 Å². The molecule has 0 spiro atoms. The first-order chi connectivity index (χ1) is 11.6. The molecule has 1 N–H and O–H groups in total. The van der Waals surface area contributed by atoms with Crippen molar-refractivity contribution in [3.8, 4) is 11.3 Å². The molecular weight excluding hydrogens is 304 g/mol. The highest BCUT2D eigenvalue weighted by atomic mass is 16.3. The number of carbonyl (C=O) groups is 2. The lowest BCUT2D eigenvalue weighted by Gasteiger charge is -2.02. The molecule has 5 nitrogen and oxygen atoms in total. The average Bonchev–Trinajstić information content (AvgIpc) is 3.11. The van der Waals surface area contributed by atoms with Gasteiger partial charge >= 0.3 is 0 Å². The number of hydrogen-bond donors (Lipinski definition) is 1. The molecule has 0 fully saturated rings. The van der Waals surface area contributed by atoms with Crippen LogP contribution in [0, 0.1) is 0 Å². The van der Waals surface area contributed by atoms with Crippen LogP contribution in [0.4, 0.5) is 0 Å². The number of nitrogens with zero attached hydrogens (tertiary/aromatic N) is 1. The van der Waals surface area contributed by atoms with Gasteiger partial charge in [0.1, 0.15) is 5.76 Å². The van der Waals surface area contributed by atoms with Gasteiger partial charge in [-0.3, -0.25) is 14.6 Å². The molecule has 24 heavy (non-hydrogen) atoms. The zero-order chi connectivity index (χ0) is 16.9. The molecule has 2 aromatic heterocycles. The summed E-state index contributed by atoms with van der Waals surface area (Å²) in [4.78, 5) is 27.6. The Kier molecular flexibility index (Phi) is 4.52. The number of carbonyl (C=O) groups excluding carboxylic acids is 2. The second kappa shape index (κ2) is 6.91. The summed E-state index contributed by atoms with van der Waals surface area (Å²) in [6.45, 7) is 1.86. The number of Topliss-reactive ketones (excluding diaryl/α,β-unsaturated/α-hetero) is 1. The molecule has 2 heterocycles. The Morgan fingerprint density at radius 3 is 2.50 bits per heavy atom. The molecule has 0 saturated carbocycles. The van der Waals surface area contributed by atoms with Crippen molar-refractivity contribution in [1.82, 2.24) is 10.3 Å². The summed E-state index contributed by atoms with van der Waals surface area (Å²) < 4.78 is 5.60. The molecule has 0 unspecified atom stereocenters. The van der Waals surface area contributed by atoms with Crippen molar-refractivity contribution in [2.75, 3.05) is 0 Å². The zero-order valence-electron chi connectivity index (χ0n) is 13.2. The summed E-state index contributed by atoms with van der Waals surface area (Å²) >= 11 is 0. The van der Waals surface area contributed by atoms with E-state index in [4.69, 9.17) is 4.42 Å².